The Bertz CT molecular complexity index is 315. The van der Waals surface area contributed by atoms with E-state index in [-0.39, 0.29) is 0 Å². The average Bonchev–Trinajstić information content (AvgIpc) is 2.46. The number of benzene rings is 1. The van der Waals surface area contributed by atoms with Gasteiger partial charge in [-0.05, 0) is 37.4 Å². The maximum Gasteiger partial charge on any atom is 0.0104 e. The number of hydrogen-bond acceptors (Lipinski definition) is 1. The number of hydrogen-bond donors (Lipinski definition) is 1. The molecule has 19 heavy (non-hydrogen) atoms. The highest BCUT2D eigenvalue weighted by atomic mass is 14.9. The molecule has 1 heteroatoms. The van der Waals surface area contributed by atoms with E-state index >= 15 is 0 Å². The number of unbranched alkanes of at least 4 members (excludes halogenated alkanes) is 4. The summed E-state index contributed by atoms with van der Waals surface area (Å²) in [6, 6.07) is 9.75. The van der Waals surface area contributed by atoms with Gasteiger partial charge in [0.05, 0.1) is 0 Å². The van der Waals surface area contributed by atoms with Crippen molar-refractivity contribution in [3.05, 3.63) is 35.4 Å². The highest BCUT2D eigenvalue weighted by Gasteiger charge is 2.06. The molecule has 0 radical (unpaired) electrons. The Balaban J connectivity index is 2.30. The molecule has 0 bridgehead atoms. The van der Waals surface area contributed by atoms with Crippen LogP contribution in [0, 0.1) is 0 Å². The van der Waals surface area contributed by atoms with E-state index < -0.39 is 0 Å². The Hall–Kier alpha value is -0.820. The van der Waals surface area contributed by atoms with Crippen LogP contribution in [0.15, 0.2) is 24.3 Å². The van der Waals surface area contributed by atoms with E-state index in [1.54, 1.807) is 0 Å². The molecule has 0 aliphatic heterocycles. The summed E-state index contributed by atoms with van der Waals surface area (Å²) in [7, 11) is 2.09. The minimum atomic E-state index is 0.633. The van der Waals surface area contributed by atoms with E-state index in [0.29, 0.717) is 6.04 Å². The number of nitrogens with one attached hydrogen (secondary N) is 1. The molecule has 1 aromatic carbocycles. The van der Waals surface area contributed by atoms with E-state index in [2.05, 4.69) is 50.5 Å². The van der Waals surface area contributed by atoms with Crippen LogP contribution in [-0.4, -0.2) is 13.1 Å². The summed E-state index contributed by atoms with van der Waals surface area (Å²) in [6.07, 6.45) is 10.5. The second-order valence-corrected chi connectivity index (χ2v) is 5.56. The van der Waals surface area contributed by atoms with E-state index in [1.165, 1.54) is 49.7 Å². The van der Waals surface area contributed by atoms with Gasteiger partial charge in [-0.15, -0.1) is 0 Å². The zero-order valence-electron chi connectivity index (χ0n) is 13.0. The summed E-state index contributed by atoms with van der Waals surface area (Å²) in [5.74, 6) is 0. The SMILES string of the molecule is CCCCCCCC(Cc1ccc(CC)cc1)NC. The molecule has 0 saturated heterocycles. The number of rotatable bonds is 10. The van der Waals surface area contributed by atoms with E-state index in [0.717, 1.165) is 12.8 Å². The predicted molar refractivity (Wildman–Crippen MR) is 85.7 cm³/mol. The number of likely N-dealkylation sites (N-methyl/N-ethyl adjacent to an activating group) is 1. The van der Waals surface area contributed by atoms with Gasteiger partial charge in [0.15, 0.2) is 0 Å². The molecule has 1 N–H and O–H groups in total. The van der Waals surface area contributed by atoms with Crippen molar-refractivity contribution < 1.29 is 0 Å². The fourth-order valence-electron chi connectivity index (χ4n) is 2.54. The first-order chi connectivity index (χ1) is 9.30. The fourth-order valence-corrected chi connectivity index (χ4v) is 2.54. The second kappa shape index (κ2) is 10.0. The molecule has 1 aromatic rings. The summed E-state index contributed by atoms with van der Waals surface area (Å²) in [5, 5.41) is 3.47. The smallest absolute Gasteiger partial charge is 0.0104 e. The van der Waals surface area contributed by atoms with Crippen molar-refractivity contribution in [3.63, 3.8) is 0 Å². The van der Waals surface area contributed by atoms with Gasteiger partial charge < -0.3 is 5.32 Å². The third-order valence-corrected chi connectivity index (χ3v) is 3.98. The third kappa shape index (κ3) is 6.77. The lowest BCUT2D eigenvalue weighted by atomic mass is 9.99. The van der Waals surface area contributed by atoms with Crippen molar-refractivity contribution in [1.82, 2.24) is 5.32 Å². The first-order valence-electron chi connectivity index (χ1n) is 8.05. The van der Waals surface area contributed by atoms with Crippen molar-refractivity contribution in [2.45, 2.75) is 71.3 Å². The molecule has 1 unspecified atom stereocenters. The van der Waals surface area contributed by atoms with Crippen LogP contribution in [0.1, 0.15) is 63.5 Å². The van der Waals surface area contributed by atoms with Crippen LogP contribution in [0.3, 0.4) is 0 Å². The maximum absolute atomic E-state index is 3.47. The lowest BCUT2D eigenvalue weighted by Gasteiger charge is -2.16. The van der Waals surface area contributed by atoms with Gasteiger partial charge in [0.25, 0.3) is 0 Å². The molecule has 108 valence electrons. The molecule has 1 nitrogen and oxygen atoms in total. The predicted octanol–water partition coefficient (Wildman–Crippen LogP) is 4.74. The van der Waals surface area contributed by atoms with Crippen LogP contribution in [0.4, 0.5) is 0 Å². The zero-order chi connectivity index (χ0) is 13.9. The standard InChI is InChI=1S/C18H31N/c1-4-6-7-8-9-10-18(19-3)15-17-13-11-16(5-2)12-14-17/h11-14,18-19H,4-10,15H2,1-3H3. The molecule has 0 aromatic heterocycles. The third-order valence-electron chi connectivity index (χ3n) is 3.98. The fraction of sp³-hybridized carbons (Fsp3) is 0.667. The summed E-state index contributed by atoms with van der Waals surface area (Å²) in [4.78, 5) is 0. The van der Waals surface area contributed by atoms with E-state index in [1.807, 2.05) is 0 Å². The summed E-state index contributed by atoms with van der Waals surface area (Å²) < 4.78 is 0. The minimum absolute atomic E-state index is 0.633. The van der Waals surface area contributed by atoms with Crippen molar-refractivity contribution in [1.29, 1.82) is 0 Å². The molecule has 0 amide bonds. The first-order valence-corrected chi connectivity index (χ1v) is 8.05. The summed E-state index contributed by atoms with van der Waals surface area (Å²) >= 11 is 0. The molecule has 1 atom stereocenters. The summed E-state index contributed by atoms with van der Waals surface area (Å²) in [5.41, 5.74) is 2.90. The van der Waals surface area contributed by atoms with E-state index in [9.17, 15) is 0 Å². The largest absolute Gasteiger partial charge is 0.317 e. The molecule has 0 spiro atoms. The van der Waals surface area contributed by atoms with Crippen molar-refractivity contribution in [2.75, 3.05) is 7.05 Å². The van der Waals surface area contributed by atoms with Crippen LogP contribution in [-0.2, 0) is 12.8 Å². The van der Waals surface area contributed by atoms with Crippen LogP contribution in [0.2, 0.25) is 0 Å². The second-order valence-electron chi connectivity index (χ2n) is 5.56. The van der Waals surface area contributed by atoms with Crippen molar-refractivity contribution in [3.8, 4) is 0 Å². The Morgan fingerprint density at radius 1 is 0.895 bits per heavy atom. The van der Waals surface area contributed by atoms with Crippen LogP contribution in [0.5, 0.6) is 0 Å². The maximum atomic E-state index is 3.47. The topological polar surface area (TPSA) is 12.0 Å². The molecule has 0 heterocycles. The van der Waals surface area contributed by atoms with Gasteiger partial charge in [0.2, 0.25) is 0 Å². The van der Waals surface area contributed by atoms with Gasteiger partial charge in [0.1, 0.15) is 0 Å². The normalized spacial score (nSPS) is 12.6. The van der Waals surface area contributed by atoms with Crippen LogP contribution in [0.25, 0.3) is 0 Å². The summed E-state index contributed by atoms with van der Waals surface area (Å²) in [6.45, 7) is 4.48. The van der Waals surface area contributed by atoms with Gasteiger partial charge in [-0.1, -0.05) is 70.2 Å². The molecular weight excluding hydrogens is 230 g/mol. The van der Waals surface area contributed by atoms with Gasteiger partial charge in [-0.3, -0.25) is 0 Å². The number of aryl methyl sites for hydroxylation is 1. The molecule has 0 saturated carbocycles. The highest BCUT2D eigenvalue weighted by molar-refractivity contribution is 5.23. The highest BCUT2D eigenvalue weighted by Crippen LogP contribution is 2.12. The van der Waals surface area contributed by atoms with Gasteiger partial charge in [-0.25, -0.2) is 0 Å². The molecule has 0 fully saturated rings. The average molecular weight is 261 g/mol. The molecular formula is C18H31N. The van der Waals surface area contributed by atoms with Crippen LogP contribution >= 0.6 is 0 Å². The van der Waals surface area contributed by atoms with Crippen LogP contribution < -0.4 is 5.32 Å². The Morgan fingerprint density at radius 3 is 2.11 bits per heavy atom. The monoisotopic (exact) mass is 261 g/mol. The van der Waals surface area contributed by atoms with E-state index in [4.69, 9.17) is 0 Å². The lowest BCUT2D eigenvalue weighted by Crippen LogP contribution is -2.27. The molecule has 0 aliphatic carbocycles. The first kappa shape index (κ1) is 16.2. The minimum Gasteiger partial charge on any atom is -0.317 e. The lowest BCUT2D eigenvalue weighted by molar-refractivity contribution is 0.482. The van der Waals surface area contributed by atoms with Crippen molar-refractivity contribution in [2.24, 2.45) is 0 Å². The molecule has 1 rings (SSSR count). The Labute approximate surface area is 119 Å². The van der Waals surface area contributed by atoms with Crippen molar-refractivity contribution >= 4 is 0 Å². The Morgan fingerprint density at radius 2 is 1.53 bits per heavy atom. The zero-order valence-corrected chi connectivity index (χ0v) is 13.0. The van der Waals surface area contributed by atoms with Gasteiger partial charge in [0, 0.05) is 6.04 Å². The Kier molecular flexibility index (Phi) is 8.57. The molecule has 0 aliphatic rings. The van der Waals surface area contributed by atoms with Gasteiger partial charge in [-0.2, -0.15) is 0 Å². The quantitative estimate of drug-likeness (QED) is 0.600. The van der Waals surface area contributed by atoms with Gasteiger partial charge >= 0.3 is 0 Å².